The van der Waals surface area contributed by atoms with Crippen LogP contribution in [-0.4, -0.2) is 44.8 Å². The normalized spacial score (nSPS) is 17.4. The molecule has 0 aromatic heterocycles. The molecule has 4 rings (SSSR count). The summed E-state index contributed by atoms with van der Waals surface area (Å²) < 4.78 is 10.6. The Labute approximate surface area is 182 Å². The molecule has 162 valence electrons. The van der Waals surface area contributed by atoms with Crippen molar-refractivity contribution in [3.8, 4) is 11.5 Å². The Balaban J connectivity index is 1.41. The van der Waals surface area contributed by atoms with E-state index in [2.05, 4.69) is 5.32 Å². The molecule has 0 bridgehead atoms. The van der Waals surface area contributed by atoms with Gasteiger partial charge in [0.1, 0.15) is 6.54 Å². The summed E-state index contributed by atoms with van der Waals surface area (Å²) in [5.41, 5.74) is 3.42. The highest BCUT2D eigenvalue weighted by molar-refractivity contribution is 6.16. The first kappa shape index (κ1) is 20.9. The molecule has 1 N–H and O–H groups in total. The number of rotatable bonds is 7. The van der Waals surface area contributed by atoms with Crippen molar-refractivity contribution in [2.45, 2.75) is 25.7 Å². The Morgan fingerprint density at radius 2 is 1.97 bits per heavy atom. The molecule has 2 aromatic carbocycles. The number of benzene rings is 2. The molecule has 7 nitrogen and oxygen atoms in total. The first-order valence-corrected chi connectivity index (χ1v) is 10.6. The van der Waals surface area contributed by atoms with E-state index in [1.807, 2.05) is 42.5 Å². The summed E-state index contributed by atoms with van der Waals surface area (Å²) in [4.78, 5) is 32.2. The van der Waals surface area contributed by atoms with Gasteiger partial charge < -0.3 is 19.7 Å². The van der Waals surface area contributed by atoms with E-state index in [9.17, 15) is 9.59 Å². The molecule has 1 atom stereocenters. The third-order valence-corrected chi connectivity index (χ3v) is 5.81. The smallest absolute Gasteiger partial charge is 0.240 e. The number of anilines is 1. The van der Waals surface area contributed by atoms with Gasteiger partial charge in [-0.1, -0.05) is 18.2 Å². The van der Waals surface area contributed by atoms with Gasteiger partial charge in [0.25, 0.3) is 0 Å². The lowest BCUT2D eigenvalue weighted by Gasteiger charge is -2.24. The van der Waals surface area contributed by atoms with Crippen LogP contribution in [-0.2, 0) is 16.0 Å². The fourth-order valence-corrected chi connectivity index (χ4v) is 4.22. The van der Waals surface area contributed by atoms with Crippen molar-refractivity contribution in [3.63, 3.8) is 0 Å². The Kier molecular flexibility index (Phi) is 6.21. The maximum Gasteiger partial charge on any atom is 0.240 e. The molecule has 1 aliphatic carbocycles. The van der Waals surface area contributed by atoms with Crippen LogP contribution < -0.4 is 19.7 Å². The van der Waals surface area contributed by atoms with Gasteiger partial charge in [-0.15, -0.1) is 0 Å². The number of fused-ring (bicyclic) bond motifs is 2. The topological polar surface area (TPSA) is 80.2 Å². The molecular formula is C24H27N3O4. The van der Waals surface area contributed by atoms with E-state index in [4.69, 9.17) is 14.5 Å². The molecule has 2 amide bonds. The third-order valence-electron chi connectivity index (χ3n) is 5.81. The molecule has 0 radical (unpaired) electrons. The summed E-state index contributed by atoms with van der Waals surface area (Å²) in [7, 11) is 3.19. The number of ether oxygens (including phenoxy) is 2. The van der Waals surface area contributed by atoms with Crippen LogP contribution >= 0.6 is 0 Å². The van der Waals surface area contributed by atoms with Gasteiger partial charge in [-0.05, 0) is 55.5 Å². The molecule has 1 unspecified atom stereocenters. The van der Waals surface area contributed by atoms with E-state index in [1.54, 1.807) is 19.1 Å². The molecular weight excluding hydrogens is 394 g/mol. The minimum absolute atomic E-state index is 0.0128. The highest BCUT2D eigenvalue weighted by Gasteiger charge is 2.36. The van der Waals surface area contributed by atoms with Gasteiger partial charge in [0.2, 0.25) is 11.8 Å². The van der Waals surface area contributed by atoms with E-state index >= 15 is 0 Å². The number of carbonyl (C=O) groups is 2. The first-order chi connectivity index (χ1) is 15.1. The minimum Gasteiger partial charge on any atom is -0.493 e. The highest BCUT2D eigenvalue weighted by atomic mass is 16.5. The van der Waals surface area contributed by atoms with Crippen molar-refractivity contribution >= 4 is 28.9 Å². The van der Waals surface area contributed by atoms with Crippen LogP contribution in [0.25, 0.3) is 0 Å². The van der Waals surface area contributed by atoms with Gasteiger partial charge >= 0.3 is 0 Å². The fourth-order valence-electron chi connectivity index (χ4n) is 4.22. The third kappa shape index (κ3) is 4.40. The Bertz CT molecular complexity index is 1020. The maximum absolute atomic E-state index is 13.2. The molecule has 1 aliphatic heterocycles. The summed E-state index contributed by atoms with van der Waals surface area (Å²) in [5.74, 6) is 0.890. The molecule has 0 spiro atoms. The largest absolute Gasteiger partial charge is 0.493 e. The number of amides is 2. The number of nitrogens with one attached hydrogen (secondary N) is 1. The van der Waals surface area contributed by atoms with Crippen molar-refractivity contribution in [3.05, 3.63) is 48.0 Å². The fraction of sp³-hybridized carbons (Fsp3) is 0.375. The Morgan fingerprint density at radius 3 is 2.77 bits per heavy atom. The van der Waals surface area contributed by atoms with Crippen LogP contribution in [0.4, 0.5) is 11.4 Å². The standard InChI is InChI=1S/C24H27N3O4/c1-30-21-11-10-16(14-22(21)31-2)12-13-25-23(28)15-27-20-9-4-3-7-19(20)26-18-8-5-6-17(18)24(27)29/h3-4,7,9-11,14,17H,5-6,8,12-13,15H2,1-2H3,(H,25,28). The van der Waals surface area contributed by atoms with Crippen LogP contribution in [0.2, 0.25) is 0 Å². The molecule has 2 aromatic rings. The summed E-state index contributed by atoms with van der Waals surface area (Å²) in [6, 6.07) is 13.2. The molecule has 1 heterocycles. The van der Waals surface area contributed by atoms with Gasteiger partial charge in [-0.25, -0.2) is 0 Å². The first-order valence-electron chi connectivity index (χ1n) is 10.6. The number of methoxy groups -OCH3 is 2. The molecule has 31 heavy (non-hydrogen) atoms. The maximum atomic E-state index is 13.2. The van der Waals surface area contributed by atoms with Crippen LogP contribution in [0.3, 0.4) is 0 Å². The van der Waals surface area contributed by atoms with Gasteiger partial charge in [0.15, 0.2) is 11.5 Å². The number of hydrogen-bond donors (Lipinski definition) is 1. The molecule has 1 fully saturated rings. The average Bonchev–Trinajstić information content (AvgIpc) is 3.21. The highest BCUT2D eigenvalue weighted by Crippen LogP contribution is 2.37. The van der Waals surface area contributed by atoms with E-state index in [0.29, 0.717) is 30.2 Å². The van der Waals surface area contributed by atoms with E-state index < -0.39 is 0 Å². The Hall–Kier alpha value is -3.35. The van der Waals surface area contributed by atoms with Gasteiger partial charge in [-0.3, -0.25) is 14.6 Å². The zero-order valence-corrected chi connectivity index (χ0v) is 17.9. The van der Waals surface area contributed by atoms with E-state index in [-0.39, 0.29) is 24.3 Å². The van der Waals surface area contributed by atoms with Gasteiger partial charge in [-0.2, -0.15) is 0 Å². The predicted octanol–water partition coefficient (Wildman–Crippen LogP) is 3.28. The summed E-state index contributed by atoms with van der Waals surface area (Å²) in [6.45, 7) is 0.449. The second-order valence-corrected chi connectivity index (χ2v) is 7.75. The average molecular weight is 421 g/mol. The number of para-hydroxylation sites is 2. The molecule has 7 heteroatoms. The van der Waals surface area contributed by atoms with Gasteiger partial charge in [0.05, 0.1) is 31.5 Å². The van der Waals surface area contributed by atoms with Crippen LogP contribution in [0.5, 0.6) is 11.5 Å². The van der Waals surface area contributed by atoms with Crippen molar-refractivity contribution in [1.82, 2.24) is 5.32 Å². The summed E-state index contributed by atoms with van der Waals surface area (Å²) >= 11 is 0. The molecule has 0 saturated heterocycles. The van der Waals surface area contributed by atoms with Crippen LogP contribution in [0, 0.1) is 5.92 Å². The quantitative estimate of drug-likeness (QED) is 0.744. The van der Waals surface area contributed by atoms with Crippen LogP contribution in [0.1, 0.15) is 24.8 Å². The molecule has 2 aliphatic rings. The second kappa shape index (κ2) is 9.20. The lowest BCUT2D eigenvalue weighted by Crippen LogP contribution is -2.44. The monoisotopic (exact) mass is 421 g/mol. The van der Waals surface area contributed by atoms with Crippen molar-refractivity contribution < 1.29 is 19.1 Å². The number of hydrogen-bond acceptors (Lipinski definition) is 5. The lowest BCUT2D eigenvalue weighted by atomic mass is 10.1. The summed E-state index contributed by atoms with van der Waals surface area (Å²) in [6.07, 6.45) is 3.24. The zero-order valence-electron chi connectivity index (χ0n) is 17.9. The van der Waals surface area contributed by atoms with E-state index in [0.717, 1.165) is 36.2 Å². The van der Waals surface area contributed by atoms with Gasteiger partial charge in [0, 0.05) is 12.3 Å². The zero-order chi connectivity index (χ0) is 21.8. The molecule has 1 saturated carbocycles. The van der Waals surface area contributed by atoms with E-state index in [1.165, 1.54) is 0 Å². The van der Waals surface area contributed by atoms with Crippen molar-refractivity contribution in [2.75, 3.05) is 32.2 Å². The minimum atomic E-state index is -0.216. The second-order valence-electron chi connectivity index (χ2n) is 7.75. The predicted molar refractivity (Wildman–Crippen MR) is 119 cm³/mol. The lowest BCUT2D eigenvalue weighted by molar-refractivity contribution is -0.124. The SMILES string of the molecule is COc1ccc(CCNC(=O)CN2C(=O)C3CCCC3=Nc3ccccc32)cc1OC. The number of nitrogens with zero attached hydrogens (tertiary/aromatic N) is 2. The van der Waals surface area contributed by atoms with Crippen LogP contribution in [0.15, 0.2) is 47.5 Å². The number of aliphatic imine (C=N–C) groups is 1. The van der Waals surface area contributed by atoms with Crippen molar-refractivity contribution in [1.29, 1.82) is 0 Å². The van der Waals surface area contributed by atoms with Crippen molar-refractivity contribution in [2.24, 2.45) is 10.9 Å². The Morgan fingerprint density at radius 1 is 1.16 bits per heavy atom. The number of carbonyl (C=O) groups excluding carboxylic acids is 2. The summed E-state index contributed by atoms with van der Waals surface area (Å²) in [5, 5.41) is 2.93.